The summed E-state index contributed by atoms with van der Waals surface area (Å²) in [5.74, 6) is 0.124. The summed E-state index contributed by atoms with van der Waals surface area (Å²) < 4.78 is 0.905. The van der Waals surface area contributed by atoms with E-state index in [4.69, 9.17) is 0 Å². The lowest BCUT2D eigenvalue weighted by Gasteiger charge is -2.21. The number of carbonyl (C=O) groups is 1. The maximum absolute atomic E-state index is 12.0. The fourth-order valence-electron chi connectivity index (χ4n) is 1.30. The van der Waals surface area contributed by atoms with Crippen LogP contribution in [0.2, 0.25) is 0 Å². The van der Waals surface area contributed by atoms with Gasteiger partial charge in [0.1, 0.15) is 0 Å². The van der Waals surface area contributed by atoms with Crippen LogP contribution in [0.1, 0.15) is 13.8 Å². The van der Waals surface area contributed by atoms with E-state index in [9.17, 15) is 4.79 Å². The molecule has 0 radical (unpaired) electrons. The van der Waals surface area contributed by atoms with Gasteiger partial charge in [-0.2, -0.15) is 0 Å². The summed E-state index contributed by atoms with van der Waals surface area (Å²) in [4.78, 5) is 13.7. The molecule has 86 valence electrons. The van der Waals surface area contributed by atoms with Crippen molar-refractivity contribution in [1.82, 2.24) is 0 Å². The summed E-state index contributed by atoms with van der Waals surface area (Å²) in [6.07, 6.45) is 0. The van der Waals surface area contributed by atoms with Crippen molar-refractivity contribution in [2.45, 2.75) is 13.8 Å². The van der Waals surface area contributed by atoms with Crippen molar-refractivity contribution >= 4 is 27.5 Å². The molecule has 1 amide bonds. The van der Waals surface area contributed by atoms with Gasteiger partial charge in [-0.05, 0) is 34.0 Å². The second-order valence-electron chi connectivity index (χ2n) is 4.00. The number of hydrogen-bond donors (Lipinski definition) is 0. The van der Waals surface area contributed by atoms with Gasteiger partial charge in [0.25, 0.3) is 5.91 Å². The Morgan fingerprint density at radius 2 is 1.94 bits per heavy atom. The molecule has 1 aromatic rings. The van der Waals surface area contributed by atoms with Crippen LogP contribution in [0.5, 0.6) is 0 Å². The second-order valence-corrected chi connectivity index (χ2v) is 4.85. The Kier molecular flexibility index (Phi) is 4.30. The Balaban J connectivity index is 2.95. The summed E-state index contributed by atoms with van der Waals surface area (Å²) in [5, 5.41) is 0. The second kappa shape index (κ2) is 5.30. The van der Waals surface area contributed by atoms with Crippen molar-refractivity contribution in [2.75, 3.05) is 11.9 Å². The molecule has 0 unspecified atom stereocenters. The molecule has 1 rings (SSSR count). The van der Waals surface area contributed by atoms with Crippen molar-refractivity contribution in [3.63, 3.8) is 0 Å². The van der Waals surface area contributed by atoms with Gasteiger partial charge in [0.15, 0.2) is 0 Å². The average molecular weight is 282 g/mol. The molecule has 0 saturated heterocycles. The van der Waals surface area contributed by atoms with E-state index in [-0.39, 0.29) is 11.8 Å². The summed E-state index contributed by atoms with van der Waals surface area (Å²) in [7, 11) is 1.76. The lowest BCUT2D eigenvalue weighted by atomic mass is 10.0. The van der Waals surface area contributed by atoms with E-state index in [1.165, 1.54) is 0 Å². The Hall–Kier alpha value is -1.09. The zero-order valence-electron chi connectivity index (χ0n) is 9.83. The number of halogens is 1. The fraction of sp³-hybridized carbons (Fsp3) is 0.308. The van der Waals surface area contributed by atoms with Crippen LogP contribution < -0.4 is 4.90 Å². The molecule has 3 heteroatoms. The average Bonchev–Trinajstić information content (AvgIpc) is 2.26. The molecule has 0 spiro atoms. The maximum atomic E-state index is 12.0. The van der Waals surface area contributed by atoms with Crippen LogP contribution in [-0.4, -0.2) is 13.0 Å². The highest BCUT2D eigenvalue weighted by molar-refractivity contribution is 9.10. The number of hydrogen-bond acceptors (Lipinski definition) is 1. The van der Waals surface area contributed by atoms with Crippen LogP contribution in [0.25, 0.3) is 0 Å². The molecule has 2 nitrogen and oxygen atoms in total. The van der Waals surface area contributed by atoms with E-state index >= 15 is 0 Å². The zero-order valence-corrected chi connectivity index (χ0v) is 11.4. The molecule has 0 atom stereocenters. The van der Waals surface area contributed by atoms with Crippen molar-refractivity contribution in [1.29, 1.82) is 0 Å². The standard InChI is InChI=1S/C13H16BrNO/c1-9(2)10(3)13(16)15(4)12-8-6-5-7-11(12)14/h5-9H,3H2,1-2,4H3. The summed E-state index contributed by atoms with van der Waals surface area (Å²) in [6, 6.07) is 7.64. The lowest BCUT2D eigenvalue weighted by molar-refractivity contribution is -0.115. The van der Waals surface area contributed by atoms with Gasteiger partial charge in [-0.1, -0.05) is 32.6 Å². The molecule has 16 heavy (non-hydrogen) atoms. The topological polar surface area (TPSA) is 20.3 Å². The van der Waals surface area contributed by atoms with E-state index in [2.05, 4.69) is 22.5 Å². The zero-order chi connectivity index (χ0) is 12.3. The van der Waals surface area contributed by atoms with E-state index in [1.54, 1.807) is 11.9 Å². The Morgan fingerprint density at radius 1 is 1.38 bits per heavy atom. The third kappa shape index (κ3) is 2.73. The third-order valence-corrected chi connectivity index (χ3v) is 3.16. The molecule has 0 fully saturated rings. The van der Waals surface area contributed by atoms with Gasteiger partial charge in [0.05, 0.1) is 5.69 Å². The van der Waals surface area contributed by atoms with Crippen molar-refractivity contribution in [3.8, 4) is 0 Å². The van der Waals surface area contributed by atoms with Gasteiger partial charge in [0, 0.05) is 17.1 Å². The van der Waals surface area contributed by atoms with E-state index in [0.717, 1.165) is 10.2 Å². The molecule has 0 aliphatic rings. The first kappa shape index (κ1) is 13.0. The molecule has 0 aliphatic carbocycles. The van der Waals surface area contributed by atoms with E-state index in [0.29, 0.717) is 5.57 Å². The van der Waals surface area contributed by atoms with Crippen LogP contribution >= 0.6 is 15.9 Å². The summed E-state index contributed by atoms with van der Waals surface area (Å²) in [6.45, 7) is 7.76. The summed E-state index contributed by atoms with van der Waals surface area (Å²) in [5.41, 5.74) is 1.48. The highest BCUT2D eigenvalue weighted by Crippen LogP contribution is 2.26. The molecule has 0 heterocycles. The van der Waals surface area contributed by atoms with Gasteiger partial charge >= 0.3 is 0 Å². The first-order valence-corrected chi connectivity index (χ1v) is 5.95. The van der Waals surface area contributed by atoms with Crippen LogP contribution in [0.3, 0.4) is 0 Å². The predicted molar refractivity (Wildman–Crippen MR) is 71.5 cm³/mol. The van der Waals surface area contributed by atoms with Gasteiger partial charge < -0.3 is 4.90 Å². The third-order valence-electron chi connectivity index (χ3n) is 2.49. The number of nitrogens with zero attached hydrogens (tertiary/aromatic N) is 1. The van der Waals surface area contributed by atoms with Crippen molar-refractivity contribution < 1.29 is 4.79 Å². The Bertz CT molecular complexity index is 412. The lowest BCUT2D eigenvalue weighted by Crippen LogP contribution is -2.29. The molecule has 0 N–H and O–H groups in total. The monoisotopic (exact) mass is 281 g/mol. The number of amides is 1. The first-order chi connectivity index (χ1) is 7.45. The molecule has 1 aromatic carbocycles. The number of carbonyl (C=O) groups excluding carboxylic acids is 1. The molecule has 0 bridgehead atoms. The molecular formula is C13H16BrNO. The number of benzene rings is 1. The number of para-hydroxylation sites is 1. The largest absolute Gasteiger partial charge is 0.311 e. The molecule has 0 aliphatic heterocycles. The first-order valence-electron chi connectivity index (χ1n) is 5.16. The smallest absolute Gasteiger partial charge is 0.253 e. The fourth-order valence-corrected chi connectivity index (χ4v) is 1.85. The predicted octanol–water partition coefficient (Wildman–Crippen LogP) is 3.62. The number of rotatable bonds is 3. The maximum Gasteiger partial charge on any atom is 0.253 e. The minimum Gasteiger partial charge on any atom is -0.311 e. The molecular weight excluding hydrogens is 266 g/mol. The molecule has 0 saturated carbocycles. The van der Waals surface area contributed by atoms with Gasteiger partial charge in [-0.15, -0.1) is 0 Å². The van der Waals surface area contributed by atoms with Crippen LogP contribution in [-0.2, 0) is 4.79 Å². The minimum atomic E-state index is -0.0399. The van der Waals surface area contributed by atoms with Crippen molar-refractivity contribution in [3.05, 3.63) is 40.9 Å². The van der Waals surface area contributed by atoms with E-state index in [1.807, 2.05) is 38.1 Å². The van der Waals surface area contributed by atoms with Crippen LogP contribution in [0.15, 0.2) is 40.9 Å². The molecule has 0 aromatic heterocycles. The number of likely N-dealkylation sites (N-methyl/N-ethyl adjacent to an activating group) is 1. The Morgan fingerprint density at radius 3 is 2.44 bits per heavy atom. The quantitative estimate of drug-likeness (QED) is 0.775. The van der Waals surface area contributed by atoms with Gasteiger partial charge in [-0.25, -0.2) is 0 Å². The normalized spacial score (nSPS) is 10.3. The summed E-state index contributed by atoms with van der Waals surface area (Å²) >= 11 is 3.43. The minimum absolute atomic E-state index is 0.0399. The van der Waals surface area contributed by atoms with Crippen LogP contribution in [0.4, 0.5) is 5.69 Å². The number of anilines is 1. The SMILES string of the molecule is C=C(C(=O)N(C)c1ccccc1Br)C(C)C. The van der Waals surface area contributed by atoms with E-state index < -0.39 is 0 Å². The highest BCUT2D eigenvalue weighted by atomic mass is 79.9. The van der Waals surface area contributed by atoms with Crippen molar-refractivity contribution in [2.24, 2.45) is 5.92 Å². The van der Waals surface area contributed by atoms with Crippen LogP contribution in [0, 0.1) is 5.92 Å². The Labute approximate surface area is 105 Å². The highest BCUT2D eigenvalue weighted by Gasteiger charge is 2.18. The van der Waals surface area contributed by atoms with Gasteiger partial charge in [0.2, 0.25) is 0 Å². The van der Waals surface area contributed by atoms with Gasteiger partial charge in [-0.3, -0.25) is 4.79 Å².